The van der Waals surface area contributed by atoms with E-state index in [2.05, 4.69) is 37.7 Å². The third-order valence-electron chi connectivity index (χ3n) is 3.94. The van der Waals surface area contributed by atoms with Crippen molar-refractivity contribution in [3.63, 3.8) is 0 Å². The number of ether oxygens (including phenoxy) is 1. The molecule has 5 heteroatoms. The lowest BCUT2D eigenvalue weighted by atomic mass is 9.77. The number of hydrogen-bond donors (Lipinski definition) is 1. The van der Waals surface area contributed by atoms with E-state index < -0.39 is 6.36 Å². The van der Waals surface area contributed by atoms with E-state index in [1.807, 2.05) is 0 Å². The molecule has 1 aromatic rings. The summed E-state index contributed by atoms with van der Waals surface area (Å²) in [6, 6.07) is 6.12. The SMILES string of the molecule is CNC(CC(C)C(C)(C)C)c1ccccc1OC(F)(F)F. The lowest BCUT2D eigenvalue weighted by molar-refractivity contribution is -0.275. The van der Waals surface area contributed by atoms with E-state index in [9.17, 15) is 13.2 Å². The van der Waals surface area contributed by atoms with Crippen molar-refractivity contribution >= 4 is 0 Å². The van der Waals surface area contributed by atoms with Crippen molar-refractivity contribution in [2.24, 2.45) is 11.3 Å². The molecule has 0 amide bonds. The van der Waals surface area contributed by atoms with Crippen LogP contribution < -0.4 is 10.1 Å². The molecule has 0 heterocycles. The Morgan fingerprint density at radius 1 is 1.14 bits per heavy atom. The number of hydrogen-bond acceptors (Lipinski definition) is 2. The Labute approximate surface area is 124 Å². The van der Waals surface area contributed by atoms with Crippen LogP contribution in [0, 0.1) is 11.3 Å². The minimum Gasteiger partial charge on any atom is -0.405 e. The van der Waals surface area contributed by atoms with E-state index in [1.165, 1.54) is 6.07 Å². The molecule has 2 unspecified atom stereocenters. The van der Waals surface area contributed by atoms with Crippen LogP contribution in [0.2, 0.25) is 0 Å². The maximum atomic E-state index is 12.5. The molecule has 0 aliphatic rings. The van der Waals surface area contributed by atoms with Crippen LogP contribution in [-0.4, -0.2) is 13.4 Å². The van der Waals surface area contributed by atoms with Gasteiger partial charge in [-0.05, 0) is 30.9 Å². The zero-order valence-electron chi connectivity index (χ0n) is 13.2. The molecule has 0 saturated heterocycles. The van der Waals surface area contributed by atoms with E-state index in [4.69, 9.17) is 0 Å². The molecule has 21 heavy (non-hydrogen) atoms. The Bertz CT molecular complexity index is 452. The van der Waals surface area contributed by atoms with Crippen molar-refractivity contribution in [3.8, 4) is 5.75 Å². The first-order valence-electron chi connectivity index (χ1n) is 7.06. The summed E-state index contributed by atoms with van der Waals surface area (Å²) in [4.78, 5) is 0. The van der Waals surface area contributed by atoms with Crippen molar-refractivity contribution < 1.29 is 17.9 Å². The molecule has 2 atom stereocenters. The third kappa shape index (κ3) is 5.58. The quantitative estimate of drug-likeness (QED) is 0.833. The van der Waals surface area contributed by atoms with Crippen molar-refractivity contribution in [3.05, 3.63) is 29.8 Å². The van der Waals surface area contributed by atoms with Gasteiger partial charge in [-0.25, -0.2) is 0 Å². The largest absolute Gasteiger partial charge is 0.573 e. The van der Waals surface area contributed by atoms with E-state index in [1.54, 1.807) is 25.2 Å². The van der Waals surface area contributed by atoms with Crippen molar-refractivity contribution in [2.45, 2.75) is 46.5 Å². The Balaban J connectivity index is 3.01. The van der Waals surface area contributed by atoms with Gasteiger partial charge in [-0.15, -0.1) is 13.2 Å². The van der Waals surface area contributed by atoms with Crippen LogP contribution >= 0.6 is 0 Å². The van der Waals surface area contributed by atoms with Crippen LogP contribution in [0.3, 0.4) is 0 Å². The summed E-state index contributed by atoms with van der Waals surface area (Å²) in [5.41, 5.74) is 0.628. The molecule has 0 spiro atoms. The smallest absolute Gasteiger partial charge is 0.405 e. The molecule has 1 aromatic carbocycles. The van der Waals surface area contributed by atoms with E-state index in [0.29, 0.717) is 11.5 Å². The molecule has 0 saturated carbocycles. The molecular formula is C16H24F3NO. The number of halogens is 3. The third-order valence-corrected chi connectivity index (χ3v) is 3.94. The molecule has 0 aliphatic carbocycles. The second kappa shape index (κ2) is 6.69. The van der Waals surface area contributed by atoms with Crippen LogP contribution in [0.25, 0.3) is 0 Å². The lowest BCUT2D eigenvalue weighted by Gasteiger charge is -2.31. The van der Waals surface area contributed by atoms with Gasteiger partial charge in [0, 0.05) is 11.6 Å². The fourth-order valence-corrected chi connectivity index (χ4v) is 2.09. The van der Waals surface area contributed by atoms with Gasteiger partial charge in [-0.3, -0.25) is 0 Å². The van der Waals surface area contributed by atoms with Crippen LogP contribution in [0.5, 0.6) is 5.75 Å². The first kappa shape index (κ1) is 17.8. The molecule has 1 N–H and O–H groups in total. The molecule has 0 fully saturated rings. The molecular weight excluding hydrogens is 279 g/mol. The van der Waals surface area contributed by atoms with E-state index in [0.717, 1.165) is 6.42 Å². The summed E-state index contributed by atoms with van der Waals surface area (Å²) in [6.07, 6.45) is -3.94. The Morgan fingerprint density at radius 2 is 1.71 bits per heavy atom. The van der Waals surface area contributed by atoms with Crippen LogP contribution in [-0.2, 0) is 0 Å². The molecule has 0 aliphatic heterocycles. The van der Waals surface area contributed by atoms with Crippen molar-refractivity contribution in [2.75, 3.05) is 7.05 Å². The summed E-state index contributed by atoms with van der Waals surface area (Å²) < 4.78 is 41.6. The highest BCUT2D eigenvalue weighted by Gasteiger charge is 2.33. The van der Waals surface area contributed by atoms with Gasteiger partial charge in [-0.2, -0.15) is 0 Å². The highest BCUT2D eigenvalue weighted by Crippen LogP contribution is 2.37. The number of para-hydroxylation sites is 1. The van der Waals surface area contributed by atoms with Crippen molar-refractivity contribution in [1.82, 2.24) is 5.32 Å². The molecule has 0 aromatic heterocycles. The lowest BCUT2D eigenvalue weighted by Crippen LogP contribution is -2.26. The Hall–Kier alpha value is -1.23. The summed E-state index contributed by atoms with van der Waals surface area (Å²) in [5.74, 6) is 0.208. The van der Waals surface area contributed by atoms with Crippen LogP contribution in [0.1, 0.15) is 45.7 Å². The second-order valence-corrected chi connectivity index (χ2v) is 6.43. The predicted molar refractivity (Wildman–Crippen MR) is 78.2 cm³/mol. The number of rotatable bonds is 5. The van der Waals surface area contributed by atoms with Gasteiger partial charge in [0.25, 0.3) is 0 Å². The zero-order valence-corrected chi connectivity index (χ0v) is 13.2. The van der Waals surface area contributed by atoms with Gasteiger partial charge in [-0.1, -0.05) is 45.9 Å². The first-order valence-corrected chi connectivity index (χ1v) is 7.06. The standard InChI is InChI=1S/C16H24F3NO/c1-11(15(2,3)4)10-13(20-5)12-8-6-7-9-14(12)21-16(17,18)19/h6-9,11,13,20H,10H2,1-5H3. The van der Waals surface area contributed by atoms with E-state index >= 15 is 0 Å². The Kier molecular flexibility index (Phi) is 5.68. The molecule has 0 radical (unpaired) electrons. The van der Waals surface area contributed by atoms with E-state index in [-0.39, 0.29) is 17.2 Å². The topological polar surface area (TPSA) is 21.3 Å². The average Bonchev–Trinajstić information content (AvgIpc) is 2.33. The van der Waals surface area contributed by atoms with Crippen LogP contribution in [0.15, 0.2) is 24.3 Å². The normalized spacial score (nSPS) is 15.6. The summed E-state index contributed by atoms with van der Waals surface area (Å²) >= 11 is 0. The predicted octanol–water partition coefficient (Wildman–Crippen LogP) is 4.92. The molecule has 1 rings (SSSR count). The van der Waals surface area contributed by atoms with Crippen molar-refractivity contribution in [1.29, 1.82) is 0 Å². The number of alkyl halides is 3. The molecule has 120 valence electrons. The first-order chi connectivity index (χ1) is 9.54. The highest BCUT2D eigenvalue weighted by atomic mass is 19.4. The fraction of sp³-hybridized carbons (Fsp3) is 0.625. The highest BCUT2D eigenvalue weighted by molar-refractivity contribution is 5.36. The summed E-state index contributed by atoms with van der Waals surface area (Å²) in [6.45, 7) is 8.49. The molecule has 2 nitrogen and oxygen atoms in total. The maximum absolute atomic E-state index is 12.5. The van der Waals surface area contributed by atoms with Gasteiger partial charge >= 0.3 is 6.36 Å². The fourth-order valence-electron chi connectivity index (χ4n) is 2.09. The second-order valence-electron chi connectivity index (χ2n) is 6.43. The maximum Gasteiger partial charge on any atom is 0.573 e. The number of nitrogens with one attached hydrogen (secondary N) is 1. The monoisotopic (exact) mass is 303 g/mol. The zero-order chi connectivity index (χ0) is 16.3. The van der Waals surface area contributed by atoms with Crippen LogP contribution in [0.4, 0.5) is 13.2 Å². The minimum atomic E-state index is -4.68. The Morgan fingerprint density at radius 3 is 2.19 bits per heavy atom. The van der Waals surface area contributed by atoms with Gasteiger partial charge in [0.05, 0.1) is 0 Å². The molecule has 0 bridgehead atoms. The van der Waals surface area contributed by atoms with Gasteiger partial charge < -0.3 is 10.1 Å². The summed E-state index contributed by atoms with van der Waals surface area (Å²) in [7, 11) is 1.75. The van der Waals surface area contributed by atoms with Gasteiger partial charge in [0.15, 0.2) is 0 Å². The van der Waals surface area contributed by atoms with Gasteiger partial charge in [0.1, 0.15) is 5.75 Å². The van der Waals surface area contributed by atoms with Gasteiger partial charge in [0.2, 0.25) is 0 Å². The summed E-state index contributed by atoms with van der Waals surface area (Å²) in [5, 5.41) is 3.10. The average molecular weight is 303 g/mol. The minimum absolute atomic E-state index is 0.0922. The number of benzene rings is 1.